The van der Waals surface area contributed by atoms with E-state index in [9.17, 15) is 18.0 Å². The van der Waals surface area contributed by atoms with E-state index in [-0.39, 0.29) is 11.6 Å². The highest BCUT2D eigenvalue weighted by atomic mass is 32.1. The summed E-state index contributed by atoms with van der Waals surface area (Å²) in [6.45, 7) is 3.47. The van der Waals surface area contributed by atoms with Crippen LogP contribution in [0.25, 0.3) is 10.6 Å². The summed E-state index contributed by atoms with van der Waals surface area (Å²) in [7, 11) is 0. The van der Waals surface area contributed by atoms with Gasteiger partial charge >= 0.3 is 6.18 Å². The molecule has 1 saturated heterocycles. The predicted molar refractivity (Wildman–Crippen MR) is 113 cm³/mol. The van der Waals surface area contributed by atoms with E-state index in [2.05, 4.69) is 15.2 Å². The third kappa shape index (κ3) is 5.23. The molecule has 0 atom stereocenters. The van der Waals surface area contributed by atoms with E-state index in [1.54, 1.807) is 11.4 Å². The highest BCUT2D eigenvalue weighted by Gasteiger charge is 2.30. The second-order valence-corrected chi connectivity index (χ2v) is 7.92. The molecule has 0 unspecified atom stereocenters. The monoisotopic (exact) mass is 447 g/mol. The minimum atomic E-state index is -4.43. The van der Waals surface area contributed by atoms with Gasteiger partial charge in [-0.15, -0.1) is 11.3 Å². The summed E-state index contributed by atoms with van der Waals surface area (Å²) >= 11 is 1.13. The van der Waals surface area contributed by atoms with Crippen LogP contribution in [0, 0.1) is 0 Å². The van der Waals surface area contributed by atoms with E-state index in [4.69, 9.17) is 4.74 Å². The molecule has 1 aliphatic heterocycles. The number of halogens is 3. The van der Waals surface area contributed by atoms with Gasteiger partial charge in [-0.25, -0.2) is 4.98 Å². The zero-order valence-electron chi connectivity index (χ0n) is 16.5. The number of hydrogen-bond acceptors (Lipinski definition) is 5. The van der Waals surface area contributed by atoms with Gasteiger partial charge in [0, 0.05) is 36.3 Å². The summed E-state index contributed by atoms with van der Waals surface area (Å²) in [4.78, 5) is 18.9. The predicted octanol–water partition coefficient (Wildman–Crippen LogP) is 4.60. The Morgan fingerprint density at radius 1 is 1.13 bits per heavy atom. The first-order chi connectivity index (χ1) is 14.9. The summed E-state index contributed by atoms with van der Waals surface area (Å²) < 4.78 is 44.1. The quantitative estimate of drug-likeness (QED) is 0.621. The van der Waals surface area contributed by atoms with E-state index in [0.717, 1.165) is 47.8 Å². The maximum Gasteiger partial charge on any atom is 0.416 e. The van der Waals surface area contributed by atoms with Crippen molar-refractivity contribution in [3.63, 3.8) is 0 Å². The Labute approximate surface area is 181 Å². The van der Waals surface area contributed by atoms with Gasteiger partial charge in [0.05, 0.1) is 18.8 Å². The van der Waals surface area contributed by atoms with E-state index in [1.807, 2.05) is 24.3 Å². The Hall–Kier alpha value is -2.91. The van der Waals surface area contributed by atoms with Crippen molar-refractivity contribution in [1.29, 1.82) is 0 Å². The van der Waals surface area contributed by atoms with Crippen molar-refractivity contribution in [2.24, 2.45) is 0 Å². The Balaban J connectivity index is 1.37. The van der Waals surface area contributed by atoms with Crippen LogP contribution in [0.4, 0.5) is 18.9 Å². The Kier molecular flexibility index (Phi) is 6.24. The summed E-state index contributed by atoms with van der Waals surface area (Å²) in [5.41, 5.74) is 1.83. The van der Waals surface area contributed by atoms with Gasteiger partial charge in [0.2, 0.25) is 0 Å². The summed E-state index contributed by atoms with van der Waals surface area (Å²) in [5.74, 6) is -0.369. The number of thiazole rings is 1. The van der Waals surface area contributed by atoms with Crippen LogP contribution in [0.5, 0.6) is 0 Å². The molecule has 9 heteroatoms. The van der Waals surface area contributed by atoms with Crippen molar-refractivity contribution < 1.29 is 22.7 Å². The van der Waals surface area contributed by atoms with Crippen LogP contribution >= 0.6 is 11.3 Å². The summed E-state index contributed by atoms with van der Waals surface area (Å²) in [5, 5.41) is 4.72. The number of amides is 1. The number of rotatable bonds is 5. The van der Waals surface area contributed by atoms with Crippen molar-refractivity contribution in [2.75, 3.05) is 31.2 Å². The second-order valence-electron chi connectivity index (χ2n) is 7.07. The van der Waals surface area contributed by atoms with E-state index < -0.39 is 11.7 Å². The molecule has 2 heterocycles. The molecule has 0 spiro atoms. The molecule has 0 radical (unpaired) electrons. The fourth-order valence-corrected chi connectivity index (χ4v) is 4.06. The number of nitrogens with zero attached hydrogens (tertiary/aromatic N) is 2. The van der Waals surface area contributed by atoms with Gasteiger partial charge in [-0.1, -0.05) is 24.3 Å². The second kappa shape index (κ2) is 9.07. The van der Waals surface area contributed by atoms with Crippen LogP contribution in [0.2, 0.25) is 0 Å². The fraction of sp³-hybridized carbons (Fsp3) is 0.273. The van der Waals surface area contributed by atoms with Crippen LogP contribution in [-0.4, -0.2) is 37.2 Å². The topological polar surface area (TPSA) is 54.5 Å². The lowest BCUT2D eigenvalue weighted by Gasteiger charge is -2.28. The normalized spacial score (nSPS) is 14.5. The molecule has 0 aliphatic carbocycles. The number of nitrogens with one attached hydrogen (secondary N) is 1. The summed E-state index contributed by atoms with van der Waals surface area (Å²) in [6.07, 6.45) is -4.43. The SMILES string of the molecule is O=C(NCc1ccc(N2CCOCC2)cc1)c1csc(-c2cccc(C(F)(F)F)c2)n1. The van der Waals surface area contributed by atoms with Gasteiger partial charge in [-0.3, -0.25) is 4.79 Å². The minimum Gasteiger partial charge on any atom is -0.378 e. The van der Waals surface area contributed by atoms with Gasteiger partial charge in [-0.05, 0) is 29.8 Å². The average Bonchev–Trinajstić information content (AvgIpc) is 3.28. The largest absolute Gasteiger partial charge is 0.416 e. The number of benzene rings is 2. The van der Waals surface area contributed by atoms with Gasteiger partial charge in [0.15, 0.2) is 0 Å². The van der Waals surface area contributed by atoms with Crippen LogP contribution in [-0.2, 0) is 17.5 Å². The lowest BCUT2D eigenvalue weighted by molar-refractivity contribution is -0.137. The molecule has 0 saturated carbocycles. The maximum atomic E-state index is 12.9. The zero-order chi connectivity index (χ0) is 21.8. The molecule has 2 aromatic carbocycles. The molecule has 3 aromatic rings. The van der Waals surface area contributed by atoms with E-state index >= 15 is 0 Å². The number of aromatic nitrogens is 1. The first kappa shape index (κ1) is 21.3. The molecule has 0 bridgehead atoms. The van der Waals surface area contributed by atoms with Gasteiger partial charge < -0.3 is 15.0 Å². The minimum absolute atomic E-state index is 0.183. The number of alkyl halides is 3. The smallest absolute Gasteiger partial charge is 0.378 e. The molecule has 162 valence electrons. The van der Waals surface area contributed by atoms with Crippen LogP contribution in [0.3, 0.4) is 0 Å². The Morgan fingerprint density at radius 3 is 2.58 bits per heavy atom. The molecule has 1 aromatic heterocycles. The molecule has 1 N–H and O–H groups in total. The highest BCUT2D eigenvalue weighted by Crippen LogP contribution is 2.33. The molecule has 1 fully saturated rings. The number of carbonyl (C=O) groups excluding carboxylic acids is 1. The maximum absolute atomic E-state index is 12.9. The first-order valence-electron chi connectivity index (χ1n) is 9.73. The Morgan fingerprint density at radius 2 is 1.87 bits per heavy atom. The number of hydrogen-bond donors (Lipinski definition) is 1. The van der Waals surface area contributed by atoms with Gasteiger partial charge in [-0.2, -0.15) is 13.2 Å². The molecule has 1 aliphatic rings. The van der Waals surface area contributed by atoms with Gasteiger partial charge in [0.25, 0.3) is 5.91 Å². The van der Waals surface area contributed by atoms with Crippen LogP contribution in [0.1, 0.15) is 21.6 Å². The van der Waals surface area contributed by atoms with E-state index in [0.29, 0.717) is 30.3 Å². The molecule has 1 amide bonds. The number of carbonyl (C=O) groups is 1. The lowest BCUT2D eigenvalue weighted by Crippen LogP contribution is -2.36. The molecule has 5 nitrogen and oxygen atoms in total. The molecule has 4 rings (SSSR count). The van der Waals surface area contributed by atoms with Crippen LogP contribution in [0.15, 0.2) is 53.9 Å². The van der Waals surface area contributed by atoms with Crippen molar-refractivity contribution in [1.82, 2.24) is 10.3 Å². The zero-order valence-corrected chi connectivity index (χ0v) is 17.3. The first-order valence-corrected chi connectivity index (χ1v) is 10.6. The van der Waals surface area contributed by atoms with Crippen LogP contribution < -0.4 is 10.2 Å². The number of morpholine rings is 1. The van der Waals surface area contributed by atoms with E-state index in [1.165, 1.54) is 6.07 Å². The summed E-state index contributed by atoms with van der Waals surface area (Å²) in [6, 6.07) is 12.9. The number of ether oxygens (including phenoxy) is 1. The average molecular weight is 447 g/mol. The highest BCUT2D eigenvalue weighted by molar-refractivity contribution is 7.13. The standard InChI is InChI=1S/C22H20F3N3O2S/c23-22(24,25)17-3-1-2-16(12-17)21-27-19(14-31-21)20(29)26-13-15-4-6-18(7-5-15)28-8-10-30-11-9-28/h1-7,12,14H,8-11,13H2,(H,26,29). The van der Waals surface area contributed by atoms with Crippen molar-refractivity contribution in [3.8, 4) is 10.6 Å². The van der Waals surface area contributed by atoms with Crippen molar-refractivity contribution >= 4 is 22.9 Å². The molecule has 31 heavy (non-hydrogen) atoms. The lowest BCUT2D eigenvalue weighted by atomic mass is 10.1. The van der Waals surface area contributed by atoms with Crippen molar-refractivity contribution in [2.45, 2.75) is 12.7 Å². The molecular weight excluding hydrogens is 427 g/mol. The third-order valence-corrected chi connectivity index (χ3v) is 5.83. The van der Waals surface area contributed by atoms with Gasteiger partial charge in [0.1, 0.15) is 10.7 Å². The van der Waals surface area contributed by atoms with Crippen molar-refractivity contribution in [3.05, 3.63) is 70.7 Å². The Bertz CT molecular complexity index is 1040. The number of anilines is 1. The molecular formula is C22H20F3N3O2S. The third-order valence-electron chi connectivity index (χ3n) is 4.94. The fourth-order valence-electron chi connectivity index (χ4n) is 3.26.